The van der Waals surface area contributed by atoms with Gasteiger partial charge in [0.25, 0.3) is 0 Å². The molecule has 0 saturated carbocycles. The molecule has 2 rings (SSSR count). The molecule has 0 bridgehead atoms. The Labute approximate surface area is 112 Å². The maximum absolute atomic E-state index is 4.64. The third kappa shape index (κ3) is 3.04. The molecule has 0 unspecified atom stereocenters. The van der Waals surface area contributed by atoms with Gasteiger partial charge in [-0.3, -0.25) is 4.98 Å². The van der Waals surface area contributed by atoms with Crippen molar-refractivity contribution in [3.8, 4) is 0 Å². The van der Waals surface area contributed by atoms with Gasteiger partial charge in [0, 0.05) is 24.5 Å². The summed E-state index contributed by atoms with van der Waals surface area (Å²) in [4.78, 5) is 13.5. The summed E-state index contributed by atoms with van der Waals surface area (Å²) in [7, 11) is 0. The molecule has 0 aromatic carbocycles. The summed E-state index contributed by atoms with van der Waals surface area (Å²) in [6.07, 6.45) is 3.65. The number of hydrogen-bond acceptors (Lipinski definition) is 5. The van der Waals surface area contributed by atoms with Crippen LogP contribution in [0.3, 0.4) is 0 Å². The van der Waals surface area contributed by atoms with Gasteiger partial charge >= 0.3 is 0 Å². The van der Waals surface area contributed by atoms with Gasteiger partial charge in [0.05, 0.1) is 22.1 Å². The Hall–Kier alpha value is -1.49. The third-order valence-corrected chi connectivity index (χ3v) is 3.50. The van der Waals surface area contributed by atoms with Gasteiger partial charge in [0.1, 0.15) is 5.82 Å². The molecule has 0 aliphatic carbocycles. The maximum atomic E-state index is 4.64. The van der Waals surface area contributed by atoms with E-state index in [2.05, 4.69) is 27.2 Å². The smallest absolute Gasteiger partial charge is 0.148 e. The van der Waals surface area contributed by atoms with Crippen molar-refractivity contribution >= 4 is 17.2 Å². The van der Waals surface area contributed by atoms with E-state index >= 15 is 0 Å². The highest BCUT2D eigenvalue weighted by molar-refractivity contribution is 7.09. The van der Waals surface area contributed by atoms with Crippen molar-refractivity contribution in [1.82, 2.24) is 15.0 Å². The first-order valence-corrected chi connectivity index (χ1v) is 7.05. The van der Waals surface area contributed by atoms with Crippen molar-refractivity contribution in [2.45, 2.75) is 33.6 Å². The average molecular weight is 262 g/mol. The fraction of sp³-hybridized carbons (Fsp3) is 0.462. The second-order valence-electron chi connectivity index (χ2n) is 4.22. The zero-order valence-electron chi connectivity index (χ0n) is 11.0. The largest absolute Gasteiger partial charge is 0.369 e. The molecular weight excluding hydrogens is 244 g/mol. The zero-order valence-corrected chi connectivity index (χ0v) is 11.8. The van der Waals surface area contributed by atoms with Gasteiger partial charge in [-0.25, -0.2) is 9.97 Å². The van der Waals surface area contributed by atoms with Crippen LogP contribution in [0.2, 0.25) is 0 Å². The second kappa shape index (κ2) is 5.91. The van der Waals surface area contributed by atoms with Gasteiger partial charge in [-0.05, 0) is 20.3 Å². The minimum absolute atomic E-state index is 0.748. The van der Waals surface area contributed by atoms with E-state index in [0.717, 1.165) is 47.3 Å². The van der Waals surface area contributed by atoms with E-state index in [1.165, 1.54) is 0 Å². The Balaban J connectivity index is 2.28. The van der Waals surface area contributed by atoms with Crippen LogP contribution in [0.1, 0.15) is 35.4 Å². The normalized spacial score (nSPS) is 10.6. The fourth-order valence-corrected chi connectivity index (χ4v) is 2.26. The molecule has 0 spiro atoms. The lowest BCUT2D eigenvalue weighted by Crippen LogP contribution is -2.10. The minimum atomic E-state index is 0.748. The predicted molar refractivity (Wildman–Crippen MR) is 75.2 cm³/mol. The average Bonchev–Trinajstić information content (AvgIpc) is 2.84. The van der Waals surface area contributed by atoms with E-state index in [1.54, 1.807) is 11.3 Å². The van der Waals surface area contributed by atoms with Crippen LogP contribution < -0.4 is 5.32 Å². The van der Waals surface area contributed by atoms with Crippen LogP contribution in [0.4, 0.5) is 5.82 Å². The summed E-state index contributed by atoms with van der Waals surface area (Å²) < 4.78 is 0. The Morgan fingerprint density at radius 1 is 1.22 bits per heavy atom. The van der Waals surface area contributed by atoms with Crippen LogP contribution in [0.5, 0.6) is 0 Å². The van der Waals surface area contributed by atoms with Gasteiger partial charge in [0.15, 0.2) is 0 Å². The molecule has 0 radical (unpaired) electrons. The van der Waals surface area contributed by atoms with E-state index < -0.39 is 0 Å². The zero-order chi connectivity index (χ0) is 13.0. The van der Waals surface area contributed by atoms with Gasteiger partial charge < -0.3 is 5.32 Å². The Morgan fingerprint density at radius 3 is 2.67 bits per heavy atom. The maximum Gasteiger partial charge on any atom is 0.148 e. The highest BCUT2D eigenvalue weighted by atomic mass is 32.1. The summed E-state index contributed by atoms with van der Waals surface area (Å²) >= 11 is 1.65. The summed E-state index contributed by atoms with van der Waals surface area (Å²) in [6, 6.07) is 0. The van der Waals surface area contributed by atoms with Gasteiger partial charge in [0.2, 0.25) is 0 Å². The van der Waals surface area contributed by atoms with Gasteiger partial charge in [-0.2, -0.15) is 0 Å². The lowest BCUT2D eigenvalue weighted by atomic mass is 10.2. The topological polar surface area (TPSA) is 50.7 Å². The standard InChI is InChI=1S/C13H18N4S/c1-4-5-15-13-11(8-12-14-6-7-18-12)16-9(2)10(3)17-13/h6-7H,4-5,8H2,1-3H3,(H,15,17). The summed E-state index contributed by atoms with van der Waals surface area (Å²) in [5.41, 5.74) is 2.96. The number of aryl methyl sites for hydroxylation is 2. The monoisotopic (exact) mass is 262 g/mol. The molecule has 96 valence electrons. The molecule has 0 saturated heterocycles. The number of rotatable bonds is 5. The Morgan fingerprint density at radius 2 is 2.00 bits per heavy atom. The highest BCUT2D eigenvalue weighted by Crippen LogP contribution is 2.18. The van der Waals surface area contributed by atoms with Crippen molar-refractivity contribution < 1.29 is 0 Å². The third-order valence-electron chi connectivity index (χ3n) is 2.72. The molecule has 0 aliphatic heterocycles. The van der Waals surface area contributed by atoms with E-state index in [9.17, 15) is 0 Å². The first-order chi connectivity index (χ1) is 8.70. The van der Waals surface area contributed by atoms with E-state index in [0.29, 0.717) is 0 Å². The van der Waals surface area contributed by atoms with Crippen LogP contribution >= 0.6 is 11.3 Å². The molecule has 0 amide bonds. The molecular formula is C13H18N4S. The molecule has 18 heavy (non-hydrogen) atoms. The Bertz CT molecular complexity index is 508. The van der Waals surface area contributed by atoms with Gasteiger partial charge in [-0.1, -0.05) is 6.92 Å². The molecule has 5 heteroatoms. The Kier molecular flexibility index (Phi) is 4.25. The van der Waals surface area contributed by atoms with Gasteiger partial charge in [-0.15, -0.1) is 11.3 Å². The molecule has 0 aliphatic rings. The molecule has 2 aromatic heterocycles. The number of aromatic nitrogens is 3. The predicted octanol–water partition coefficient (Wildman–Crippen LogP) is 2.96. The number of thiazole rings is 1. The SMILES string of the molecule is CCCNc1nc(C)c(C)nc1Cc1nccs1. The summed E-state index contributed by atoms with van der Waals surface area (Å²) in [6.45, 7) is 7.05. The van der Waals surface area contributed by atoms with Crippen molar-refractivity contribution in [3.63, 3.8) is 0 Å². The lowest BCUT2D eigenvalue weighted by molar-refractivity contribution is 0.915. The van der Waals surface area contributed by atoms with E-state index in [4.69, 9.17) is 0 Å². The van der Waals surface area contributed by atoms with Crippen molar-refractivity contribution in [3.05, 3.63) is 33.7 Å². The first-order valence-electron chi connectivity index (χ1n) is 6.17. The molecule has 1 N–H and O–H groups in total. The van der Waals surface area contributed by atoms with Crippen LogP contribution in [0.15, 0.2) is 11.6 Å². The van der Waals surface area contributed by atoms with Crippen molar-refractivity contribution in [1.29, 1.82) is 0 Å². The highest BCUT2D eigenvalue weighted by Gasteiger charge is 2.10. The number of hydrogen-bond donors (Lipinski definition) is 1. The number of nitrogens with zero attached hydrogens (tertiary/aromatic N) is 3. The minimum Gasteiger partial charge on any atom is -0.369 e. The second-order valence-corrected chi connectivity index (χ2v) is 5.20. The molecule has 4 nitrogen and oxygen atoms in total. The summed E-state index contributed by atoms with van der Waals surface area (Å²) in [5.74, 6) is 0.898. The van der Waals surface area contributed by atoms with Crippen LogP contribution in [0, 0.1) is 13.8 Å². The van der Waals surface area contributed by atoms with Crippen molar-refractivity contribution in [2.75, 3.05) is 11.9 Å². The number of anilines is 1. The number of nitrogens with one attached hydrogen (secondary N) is 1. The molecule has 2 heterocycles. The van der Waals surface area contributed by atoms with E-state index in [-0.39, 0.29) is 0 Å². The lowest BCUT2D eigenvalue weighted by Gasteiger charge is -2.11. The molecule has 0 atom stereocenters. The molecule has 0 fully saturated rings. The van der Waals surface area contributed by atoms with E-state index in [1.807, 2.05) is 25.4 Å². The fourth-order valence-electron chi connectivity index (χ4n) is 1.64. The van der Waals surface area contributed by atoms with Crippen LogP contribution in [-0.2, 0) is 6.42 Å². The van der Waals surface area contributed by atoms with Crippen molar-refractivity contribution in [2.24, 2.45) is 0 Å². The quantitative estimate of drug-likeness (QED) is 0.900. The van der Waals surface area contributed by atoms with Crippen LogP contribution in [-0.4, -0.2) is 21.5 Å². The molecule has 2 aromatic rings. The summed E-state index contributed by atoms with van der Waals surface area (Å²) in [5, 5.41) is 6.41. The first kappa shape index (κ1) is 13.0. The van der Waals surface area contributed by atoms with Crippen LogP contribution in [0.25, 0.3) is 0 Å².